The lowest BCUT2D eigenvalue weighted by Gasteiger charge is -2.08. The number of carbonyl (C=O) groups is 1. The summed E-state index contributed by atoms with van der Waals surface area (Å²) in [6.07, 6.45) is 2.80. The Kier molecular flexibility index (Phi) is 6.44. The SMILES string of the molecule is Cc1ccnc(SCc2cc(=O)c(OC(=O)COc3ccccc3C)co2)n1. The van der Waals surface area contributed by atoms with Crippen LogP contribution in [0.5, 0.6) is 11.5 Å². The number of ether oxygens (including phenoxy) is 2. The molecular weight excluding hydrogens is 380 g/mol. The van der Waals surface area contributed by atoms with Crippen LogP contribution in [0, 0.1) is 13.8 Å². The van der Waals surface area contributed by atoms with Gasteiger partial charge < -0.3 is 13.9 Å². The molecule has 3 rings (SSSR count). The van der Waals surface area contributed by atoms with E-state index in [2.05, 4.69) is 9.97 Å². The highest BCUT2D eigenvalue weighted by Gasteiger charge is 2.12. The zero-order valence-corrected chi connectivity index (χ0v) is 16.2. The molecule has 0 bridgehead atoms. The molecule has 0 atom stereocenters. The first-order valence-corrected chi connectivity index (χ1v) is 9.43. The van der Waals surface area contributed by atoms with E-state index in [-0.39, 0.29) is 12.4 Å². The van der Waals surface area contributed by atoms with Crippen LogP contribution in [0.2, 0.25) is 0 Å². The van der Waals surface area contributed by atoms with Crippen molar-refractivity contribution in [3.63, 3.8) is 0 Å². The standard InChI is InChI=1S/C20H18N2O5S/c1-13-5-3-4-6-17(13)26-11-19(24)27-18-10-25-15(9-16(18)23)12-28-20-21-8-7-14(2)22-20/h3-10H,11-12H2,1-2H3. The number of hydrogen-bond donors (Lipinski definition) is 0. The predicted molar refractivity (Wildman–Crippen MR) is 104 cm³/mol. The number of nitrogens with zero attached hydrogens (tertiary/aromatic N) is 2. The Morgan fingerprint density at radius 2 is 2.00 bits per heavy atom. The highest BCUT2D eigenvalue weighted by Crippen LogP contribution is 2.19. The van der Waals surface area contributed by atoms with Crippen LogP contribution in [0.4, 0.5) is 0 Å². The Hall–Kier alpha value is -3.13. The van der Waals surface area contributed by atoms with Gasteiger partial charge in [0.1, 0.15) is 17.8 Å². The Balaban J connectivity index is 1.55. The quantitative estimate of drug-likeness (QED) is 0.340. The molecular formula is C20H18N2O5S. The maximum Gasteiger partial charge on any atom is 0.349 e. The van der Waals surface area contributed by atoms with Crippen molar-refractivity contribution in [3.05, 3.63) is 76.1 Å². The zero-order chi connectivity index (χ0) is 19.9. The molecule has 3 aromatic rings. The number of rotatable bonds is 7. The molecule has 2 heterocycles. The Morgan fingerprint density at radius 3 is 2.75 bits per heavy atom. The second-order valence-corrected chi connectivity index (χ2v) is 6.81. The van der Waals surface area contributed by atoms with E-state index in [1.54, 1.807) is 24.4 Å². The molecule has 0 aliphatic carbocycles. The first-order valence-electron chi connectivity index (χ1n) is 8.44. The van der Waals surface area contributed by atoms with Gasteiger partial charge in [-0.1, -0.05) is 30.0 Å². The molecule has 0 aliphatic rings. The van der Waals surface area contributed by atoms with Crippen molar-refractivity contribution in [2.75, 3.05) is 6.61 Å². The number of hydrogen-bond acceptors (Lipinski definition) is 8. The van der Waals surface area contributed by atoms with E-state index in [0.29, 0.717) is 22.4 Å². The van der Waals surface area contributed by atoms with Crippen LogP contribution in [0.3, 0.4) is 0 Å². The number of para-hydroxylation sites is 1. The van der Waals surface area contributed by atoms with E-state index in [4.69, 9.17) is 13.9 Å². The molecule has 0 saturated heterocycles. The summed E-state index contributed by atoms with van der Waals surface area (Å²) in [6, 6.07) is 10.4. The number of thioether (sulfide) groups is 1. The maximum atomic E-state index is 12.2. The fourth-order valence-electron chi connectivity index (χ4n) is 2.23. The maximum absolute atomic E-state index is 12.2. The first kappa shape index (κ1) is 19.6. The van der Waals surface area contributed by atoms with Crippen LogP contribution in [0.1, 0.15) is 17.0 Å². The molecule has 0 amide bonds. The van der Waals surface area contributed by atoms with Crippen LogP contribution in [-0.2, 0) is 10.5 Å². The molecule has 0 spiro atoms. The van der Waals surface area contributed by atoms with Gasteiger partial charge in [-0.25, -0.2) is 14.8 Å². The van der Waals surface area contributed by atoms with Crippen molar-refractivity contribution in [1.29, 1.82) is 0 Å². The Bertz CT molecular complexity index is 1030. The van der Waals surface area contributed by atoms with Crippen molar-refractivity contribution in [2.45, 2.75) is 24.8 Å². The van der Waals surface area contributed by atoms with Crippen LogP contribution in [-0.4, -0.2) is 22.5 Å². The summed E-state index contributed by atoms with van der Waals surface area (Å²) in [5.41, 5.74) is 1.31. The molecule has 0 fully saturated rings. The van der Waals surface area contributed by atoms with Crippen molar-refractivity contribution < 1.29 is 18.7 Å². The number of carbonyl (C=O) groups excluding carboxylic acids is 1. The monoisotopic (exact) mass is 398 g/mol. The molecule has 0 aliphatic heterocycles. The summed E-state index contributed by atoms with van der Waals surface area (Å²) in [4.78, 5) is 32.5. The molecule has 8 heteroatoms. The summed E-state index contributed by atoms with van der Waals surface area (Å²) in [7, 11) is 0. The average Bonchev–Trinajstić information content (AvgIpc) is 2.68. The lowest BCUT2D eigenvalue weighted by molar-refractivity contribution is -0.136. The van der Waals surface area contributed by atoms with E-state index in [9.17, 15) is 9.59 Å². The largest absolute Gasteiger partial charge is 0.482 e. The van der Waals surface area contributed by atoms with Gasteiger partial charge in [-0.2, -0.15) is 0 Å². The number of benzene rings is 1. The highest BCUT2D eigenvalue weighted by atomic mass is 32.2. The van der Waals surface area contributed by atoms with Crippen molar-refractivity contribution >= 4 is 17.7 Å². The van der Waals surface area contributed by atoms with Crippen molar-refractivity contribution in [1.82, 2.24) is 9.97 Å². The van der Waals surface area contributed by atoms with E-state index in [1.807, 2.05) is 26.0 Å². The van der Waals surface area contributed by atoms with Gasteiger partial charge in [-0.15, -0.1) is 0 Å². The van der Waals surface area contributed by atoms with Gasteiger partial charge in [0.25, 0.3) is 0 Å². The molecule has 0 radical (unpaired) electrons. The molecule has 1 aromatic carbocycles. The molecule has 0 N–H and O–H groups in total. The van der Waals surface area contributed by atoms with Crippen LogP contribution < -0.4 is 14.9 Å². The number of esters is 1. The fourth-order valence-corrected chi connectivity index (χ4v) is 2.99. The molecule has 2 aromatic heterocycles. The van der Waals surface area contributed by atoms with E-state index >= 15 is 0 Å². The summed E-state index contributed by atoms with van der Waals surface area (Å²) in [5, 5.41) is 0.589. The van der Waals surface area contributed by atoms with Crippen LogP contribution in [0.15, 0.2) is 63.2 Å². The smallest absolute Gasteiger partial charge is 0.349 e. The van der Waals surface area contributed by atoms with Gasteiger partial charge in [0, 0.05) is 18.0 Å². The second-order valence-electron chi connectivity index (χ2n) is 5.87. The van der Waals surface area contributed by atoms with Gasteiger partial charge in [-0.05, 0) is 31.5 Å². The summed E-state index contributed by atoms with van der Waals surface area (Å²) in [5.74, 6) is 0.515. The number of aromatic nitrogens is 2. The van der Waals surface area contributed by atoms with Gasteiger partial charge >= 0.3 is 5.97 Å². The average molecular weight is 398 g/mol. The zero-order valence-electron chi connectivity index (χ0n) is 15.4. The molecule has 144 valence electrons. The molecule has 0 unspecified atom stereocenters. The Labute approximate surface area is 165 Å². The minimum absolute atomic E-state index is 0.182. The molecule has 28 heavy (non-hydrogen) atoms. The van der Waals surface area contributed by atoms with E-state index in [1.165, 1.54) is 17.8 Å². The lowest BCUT2D eigenvalue weighted by atomic mass is 10.2. The predicted octanol–water partition coefficient (Wildman–Crippen LogP) is 3.32. The minimum atomic E-state index is -0.689. The fraction of sp³-hybridized carbons (Fsp3) is 0.200. The topological polar surface area (TPSA) is 91.5 Å². The van der Waals surface area contributed by atoms with Gasteiger partial charge in [0.05, 0.1) is 5.75 Å². The van der Waals surface area contributed by atoms with Crippen LogP contribution in [0.25, 0.3) is 0 Å². The van der Waals surface area contributed by atoms with E-state index < -0.39 is 11.4 Å². The highest BCUT2D eigenvalue weighted by molar-refractivity contribution is 7.98. The van der Waals surface area contributed by atoms with Crippen molar-refractivity contribution in [3.8, 4) is 11.5 Å². The van der Waals surface area contributed by atoms with Crippen molar-refractivity contribution in [2.24, 2.45) is 0 Å². The third-order valence-electron chi connectivity index (χ3n) is 3.63. The third-order valence-corrected chi connectivity index (χ3v) is 4.52. The van der Waals surface area contributed by atoms with E-state index in [0.717, 1.165) is 17.5 Å². The Morgan fingerprint density at radius 1 is 1.18 bits per heavy atom. The summed E-state index contributed by atoms with van der Waals surface area (Å²) < 4.78 is 15.8. The number of aryl methyl sites for hydroxylation is 2. The third kappa shape index (κ3) is 5.43. The normalized spacial score (nSPS) is 10.5. The van der Waals surface area contributed by atoms with Gasteiger partial charge in [-0.3, -0.25) is 4.79 Å². The minimum Gasteiger partial charge on any atom is -0.482 e. The molecule has 0 saturated carbocycles. The summed E-state index contributed by atoms with van der Waals surface area (Å²) in [6.45, 7) is 3.43. The van der Waals surface area contributed by atoms with Gasteiger partial charge in [0.2, 0.25) is 11.2 Å². The van der Waals surface area contributed by atoms with Gasteiger partial charge in [0.15, 0.2) is 11.8 Å². The van der Waals surface area contributed by atoms with Crippen LogP contribution >= 0.6 is 11.8 Å². The lowest BCUT2D eigenvalue weighted by Crippen LogP contribution is -2.21. The molecule has 7 nitrogen and oxygen atoms in total. The second kappa shape index (κ2) is 9.18. The summed E-state index contributed by atoms with van der Waals surface area (Å²) >= 11 is 1.34. The first-order chi connectivity index (χ1) is 13.5.